The van der Waals surface area contributed by atoms with Crippen LogP contribution >= 0.6 is 0 Å². The highest BCUT2D eigenvalue weighted by molar-refractivity contribution is 5.29. The van der Waals surface area contributed by atoms with E-state index in [2.05, 4.69) is 36.5 Å². The molecule has 1 unspecified atom stereocenters. The van der Waals surface area contributed by atoms with Crippen LogP contribution in [-0.4, -0.2) is 13.7 Å². The van der Waals surface area contributed by atoms with E-state index in [9.17, 15) is 0 Å². The molecule has 0 aliphatic heterocycles. The van der Waals surface area contributed by atoms with Crippen molar-refractivity contribution in [2.45, 2.75) is 38.6 Å². The third-order valence-electron chi connectivity index (χ3n) is 3.53. The van der Waals surface area contributed by atoms with Crippen LogP contribution in [-0.2, 0) is 0 Å². The molecule has 1 fully saturated rings. The smallest absolute Gasteiger partial charge is 0.118 e. The van der Waals surface area contributed by atoms with Crippen LogP contribution < -0.4 is 10.1 Å². The number of methoxy groups -OCH3 is 1. The van der Waals surface area contributed by atoms with Crippen molar-refractivity contribution in [1.29, 1.82) is 0 Å². The first-order valence-corrected chi connectivity index (χ1v) is 6.70. The van der Waals surface area contributed by atoms with Crippen LogP contribution in [0.4, 0.5) is 0 Å². The Labute approximate surface area is 104 Å². The van der Waals surface area contributed by atoms with E-state index < -0.39 is 0 Å². The zero-order valence-corrected chi connectivity index (χ0v) is 10.9. The Balaban J connectivity index is 1.96. The van der Waals surface area contributed by atoms with Crippen LogP contribution in [0.25, 0.3) is 0 Å². The molecule has 0 radical (unpaired) electrons. The fourth-order valence-electron chi connectivity index (χ4n) is 2.28. The molecule has 0 spiro atoms. The van der Waals surface area contributed by atoms with Crippen LogP contribution in [0, 0.1) is 5.92 Å². The maximum atomic E-state index is 5.20. The second kappa shape index (κ2) is 6.06. The third kappa shape index (κ3) is 3.74. The number of benzene rings is 1. The Morgan fingerprint density at radius 2 is 2.00 bits per heavy atom. The molecule has 1 aromatic rings. The highest BCUT2D eigenvalue weighted by Gasteiger charge is 2.22. The normalized spacial score (nSPS) is 16.8. The fourth-order valence-corrected chi connectivity index (χ4v) is 2.28. The highest BCUT2D eigenvalue weighted by Crippen LogP contribution is 2.36. The lowest BCUT2D eigenvalue weighted by Crippen LogP contribution is -2.20. The van der Waals surface area contributed by atoms with Crippen molar-refractivity contribution in [2.24, 2.45) is 5.92 Å². The van der Waals surface area contributed by atoms with Crippen LogP contribution in [0.1, 0.15) is 44.2 Å². The maximum Gasteiger partial charge on any atom is 0.118 e. The van der Waals surface area contributed by atoms with Crippen molar-refractivity contribution in [3.8, 4) is 5.75 Å². The molecule has 17 heavy (non-hydrogen) atoms. The molecule has 0 amide bonds. The minimum atomic E-state index is 0.506. The second-order valence-corrected chi connectivity index (χ2v) is 4.90. The van der Waals surface area contributed by atoms with Crippen LogP contribution in [0.3, 0.4) is 0 Å². The standard InChI is InChI=1S/C15H23NO/c1-3-16-15(11-6-12-4-5-12)13-7-9-14(17-2)10-8-13/h7-10,12,15-16H,3-6,11H2,1-2H3. The summed E-state index contributed by atoms with van der Waals surface area (Å²) in [6.07, 6.45) is 5.51. The third-order valence-corrected chi connectivity index (χ3v) is 3.53. The molecule has 2 nitrogen and oxygen atoms in total. The first-order valence-electron chi connectivity index (χ1n) is 6.70. The average Bonchev–Trinajstić information content (AvgIpc) is 3.19. The number of hydrogen-bond donors (Lipinski definition) is 1. The van der Waals surface area contributed by atoms with E-state index >= 15 is 0 Å². The van der Waals surface area contributed by atoms with E-state index in [1.165, 1.54) is 31.2 Å². The van der Waals surface area contributed by atoms with Gasteiger partial charge in [0.25, 0.3) is 0 Å². The van der Waals surface area contributed by atoms with Gasteiger partial charge in [-0.25, -0.2) is 0 Å². The van der Waals surface area contributed by atoms with Gasteiger partial charge in [-0.05, 0) is 43.0 Å². The van der Waals surface area contributed by atoms with E-state index in [0.717, 1.165) is 18.2 Å². The Hall–Kier alpha value is -1.02. The molecule has 1 aliphatic rings. The number of ether oxygens (including phenoxy) is 1. The molecular formula is C15H23NO. The quantitative estimate of drug-likeness (QED) is 0.778. The lowest BCUT2D eigenvalue weighted by atomic mass is 10.0. The van der Waals surface area contributed by atoms with Gasteiger partial charge < -0.3 is 10.1 Å². The molecule has 0 heterocycles. The van der Waals surface area contributed by atoms with E-state index in [0.29, 0.717) is 6.04 Å². The molecule has 1 aliphatic carbocycles. The molecule has 1 N–H and O–H groups in total. The SMILES string of the molecule is CCNC(CCC1CC1)c1ccc(OC)cc1. The number of hydrogen-bond acceptors (Lipinski definition) is 2. The summed E-state index contributed by atoms with van der Waals surface area (Å²) in [5, 5.41) is 3.58. The Morgan fingerprint density at radius 1 is 1.29 bits per heavy atom. The van der Waals surface area contributed by atoms with Gasteiger partial charge in [-0.3, -0.25) is 0 Å². The predicted octanol–water partition coefficient (Wildman–Crippen LogP) is 3.54. The van der Waals surface area contributed by atoms with E-state index in [-0.39, 0.29) is 0 Å². The summed E-state index contributed by atoms with van der Waals surface area (Å²) in [6, 6.07) is 8.97. The summed E-state index contributed by atoms with van der Waals surface area (Å²) in [5.41, 5.74) is 1.38. The van der Waals surface area contributed by atoms with Gasteiger partial charge in [-0.2, -0.15) is 0 Å². The van der Waals surface area contributed by atoms with Crippen molar-refractivity contribution in [3.05, 3.63) is 29.8 Å². The molecular weight excluding hydrogens is 210 g/mol. The first kappa shape index (κ1) is 12.4. The first-order chi connectivity index (χ1) is 8.33. The second-order valence-electron chi connectivity index (χ2n) is 4.90. The minimum Gasteiger partial charge on any atom is -0.497 e. The summed E-state index contributed by atoms with van der Waals surface area (Å²) in [6.45, 7) is 3.20. The topological polar surface area (TPSA) is 21.3 Å². The van der Waals surface area contributed by atoms with Crippen molar-refractivity contribution in [2.75, 3.05) is 13.7 Å². The van der Waals surface area contributed by atoms with Gasteiger partial charge in [0, 0.05) is 6.04 Å². The molecule has 1 atom stereocenters. The Morgan fingerprint density at radius 3 is 2.53 bits per heavy atom. The highest BCUT2D eigenvalue weighted by atomic mass is 16.5. The summed E-state index contributed by atoms with van der Waals surface area (Å²) < 4.78 is 5.20. The summed E-state index contributed by atoms with van der Waals surface area (Å²) in [5.74, 6) is 1.94. The zero-order valence-electron chi connectivity index (χ0n) is 10.9. The maximum absolute atomic E-state index is 5.20. The lowest BCUT2D eigenvalue weighted by molar-refractivity contribution is 0.414. The van der Waals surface area contributed by atoms with E-state index in [1.54, 1.807) is 7.11 Å². The van der Waals surface area contributed by atoms with Gasteiger partial charge >= 0.3 is 0 Å². The van der Waals surface area contributed by atoms with Crippen molar-refractivity contribution >= 4 is 0 Å². The van der Waals surface area contributed by atoms with Crippen LogP contribution in [0.2, 0.25) is 0 Å². The van der Waals surface area contributed by atoms with Gasteiger partial charge in [0.1, 0.15) is 5.75 Å². The summed E-state index contributed by atoms with van der Waals surface area (Å²) >= 11 is 0. The summed E-state index contributed by atoms with van der Waals surface area (Å²) in [7, 11) is 1.71. The molecule has 0 saturated heterocycles. The molecule has 1 saturated carbocycles. The van der Waals surface area contributed by atoms with Gasteiger partial charge in [-0.15, -0.1) is 0 Å². The van der Waals surface area contributed by atoms with Crippen LogP contribution in [0.15, 0.2) is 24.3 Å². The largest absolute Gasteiger partial charge is 0.497 e. The zero-order chi connectivity index (χ0) is 12.1. The molecule has 0 aromatic heterocycles. The monoisotopic (exact) mass is 233 g/mol. The number of rotatable bonds is 7. The lowest BCUT2D eigenvalue weighted by Gasteiger charge is -2.18. The molecule has 2 rings (SSSR count). The number of nitrogens with one attached hydrogen (secondary N) is 1. The predicted molar refractivity (Wildman–Crippen MR) is 71.4 cm³/mol. The molecule has 0 bridgehead atoms. The average molecular weight is 233 g/mol. The summed E-state index contributed by atoms with van der Waals surface area (Å²) in [4.78, 5) is 0. The Bertz CT molecular complexity index is 329. The van der Waals surface area contributed by atoms with Gasteiger partial charge in [-0.1, -0.05) is 31.9 Å². The fraction of sp³-hybridized carbons (Fsp3) is 0.600. The van der Waals surface area contributed by atoms with Crippen LogP contribution in [0.5, 0.6) is 5.75 Å². The van der Waals surface area contributed by atoms with Crippen molar-refractivity contribution in [1.82, 2.24) is 5.32 Å². The molecule has 1 aromatic carbocycles. The minimum absolute atomic E-state index is 0.506. The van der Waals surface area contributed by atoms with E-state index in [4.69, 9.17) is 4.74 Å². The van der Waals surface area contributed by atoms with Crippen molar-refractivity contribution in [3.63, 3.8) is 0 Å². The van der Waals surface area contributed by atoms with Gasteiger partial charge in [0.15, 0.2) is 0 Å². The van der Waals surface area contributed by atoms with Gasteiger partial charge in [0.2, 0.25) is 0 Å². The van der Waals surface area contributed by atoms with E-state index in [1.807, 2.05) is 0 Å². The molecule has 94 valence electrons. The van der Waals surface area contributed by atoms with Crippen molar-refractivity contribution < 1.29 is 4.74 Å². The molecule has 2 heteroatoms. The van der Waals surface area contributed by atoms with Gasteiger partial charge in [0.05, 0.1) is 7.11 Å². The Kier molecular flexibility index (Phi) is 4.43.